The van der Waals surface area contributed by atoms with Gasteiger partial charge in [0, 0.05) is 5.69 Å². The monoisotopic (exact) mass is 181 g/mol. The van der Waals surface area contributed by atoms with Gasteiger partial charge in [-0.3, -0.25) is 10.4 Å². The second kappa shape index (κ2) is 3.62. The van der Waals surface area contributed by atoms with Crippen molar-refractivity contribution in [3.63, 3.8) is 0 Å². The van der Waals surface area contributed by atoms with Crippen molar-refractivity contribution in [1.29, 1.82) is 5.26 Å². The van der Waals surface area contributed by atoms with E-state index in [1.165, 1.54) is 24.5 Å². The molecule has 0 heterocycles. The molecule has 6 heteroatoms. The van der Waals surface area contributed by atoms with E-state index in [2.05, 4.69) is 4.74 Å². The molecule has 68 valence electrons. The molecule has 1 aromatic rings. The molecule has 0 spiro atoms. The van der Waals surface area contributed by atoms with Crippen LogP contribution >= 0.6 is 0 Å². The highest BCUT2D eigenvalue weighted by atomic mass is 16.8. The number of hydrogen-bond acceptors (Lipinski definition) is 6. The minimum Gasteiger partial charge on any atom is -0.399 e. The van der Waals surface area contributed by atoms with Gasteiger partial charge >= 0.3 is 0 Å². The van der Waals surface area contributed by atoms with Gasteiger partial charge in [0.05, 0.1) is 0 Å². The average Bonchev–Trinajstić information content (AvgIpc) is 2.08. The number of anilines is 2. The normalized spacial score (nSPS) is 9.00. The lowest BCUT2D eigenvalue weighted by Gasteiger charge is -2.11. The lowest BCUT2D eigenvalue weighted by atomic mass is 10.2. The Morgan fingerprint density at radius 3 is 2.69 bits per heavy atom. The minimum atomic E-state index is -0.164. The average molecular weight is 181 g/mol. The molecule has 0 aliphatic heterocycles. The van der Waals surface area contributed by atoms with Crippen molar-refractivity contribution in [1.82, 2.24) is 0 Å². The number of ether oxygens (including phenoxy) is 1. The van der Waals surface area contributed by atoms with Crippen molar-refractivity contribution in [3.05, 3.63) is 18.2 Å². The molecule has 0 aliphatic rings. The van der Waals surface area contributed by atoms with Gasteiger partial charge in [0.1, 0.15) is 5.69 Å². The Balaban J connectivity index is 3.12. The van der Waals surface area contributed by atoms with Gasteiger partial charge in [-0.25, -0.2) is 0 Å². The van der Waals surface area contributed by atoms with Crippen molar-refractivity contribution in [3.8, 4) is 12.0 Å². The number of nitriles is 1. The maximum absolute atomic E-state index is 8.70. The fraction of sp³-hybridized carbons (Fsp3) is 0. The third-order valence-corrected chi connectivity index (χ3v) is 1.35. The Kier molecular flexibility index (Phi) is 2.54. The molecule has 0 saturated carbocycles. The SMILES string of the molecule is N#COc1ccc(N)cc1N(O)O. The van der Waals surface area contributed by atoms with E-state index in [0.717, 1.165) is 0 Å². The molecule has 1 aromatic carbocycles. The first-order valence-electron chi connectivity index (χ1n) is 3.28. The second-order valence-electron chi connectivity index (χ2n) is 2.21. The number of hydrogen-bond donors (Lipinski definition) is 3. The first-order chi connectivity index (χ1) is 6.15. The highest BCUT2D eigenvalue weighted by Gasteiger charge is 2.09. The van der Waals surface area contributed by atoms with Crippen LogP contribution in [0.4, 0.5) is 11.4 Å². The molecule has 0 aliphatic carbocycles. The molecule has 0 saturated heterocycles. The number of rotatable bonds is 2. The summed E-state index contributed by atoms with van der Waals surface area (Å²) in [4.78, 5) is 0. The third kappa shape index (κ3) is 1.99. The Hall–Kier alpha value is -1.97. The first kappa shape index (κ1) is 9.12. The van der Waals surface area contributed by atoms with Crippen LogP contribution in [-0.2, 0) is 0 Å². The van der Waals surface area contributed by atoms with Crippen molar-refractivity contribution < 1.29 is 15.2 Å². The van der Waals surface area contributed by atoms with Gasteiger partial charge in [-0.2, -0.15) is 0 Å². The zero-order valence-corrected chi connectivity index (χ0v) is 6.51. The van der Waals surface area contributed by atoms with Crippen LogP contribution in [0, 0.1) is 11.5 Å². The van der Waals surface area contributed by atoms with E-state index in [4.69, 9.17) is 21.4 Å². The molecule has 1 rings (SSSR count). The van der Waals surface area contributed by atoms with Crippen LogP contribution in [-0.4, -0.2) is 10.4 Å². The Labute approximate surface area is 73.9 Å². The molecule has 0 radical (unpaired) electrons. The molecule has 13 heavy (non-hydrogen) atoms. The Bertz CT molecular complexity index is 345. The van der Waals surface area contributed by atoms with Crippen molar-refractivity contribution in [2.75, 3.05) is 11.0 Å². The van der Waals surface area contributed by atoms with Crippen LogP contribution < -0.4 is 15.7 Å². The first-order valence-corrected chi connectivity index (χ1v) is 3.28. The number of nitrogens with zero attached hydrogens (tertiary/aromatic N) is 2. The van der Waals surface area contributed by atoms with Gasteiger partial charge in [0.25, 0.3) is 6.26 Å². The fourth-order valence-corrected chi connectivity index (χ4v) is 0.826. The van der Waals surface area contributed by atoms with Gasteiger partial charge in [0.15, 0.2) is 5.75 Å². The quantitative estimate of drug-likeness (QED) is 0.352. The minimum absolute atomic E-state index is 0.0155. The smallest absolute Gasteiger partial charge is 0.292 e. The second-order valence-corrected chi connectivity index (χ2v) is 2.21. The van der Waals surface area contributed by atoms with Gasteiger partial charge in [-0.05, 0) is 18.2 Å². The lowest BCUT2D eigenvalue weighted by molar-refractivity contribution is 0.0282. The van der Waals surface area contributed by atoms with E-state index >= 15 is 0 Å². The van der Waals surface area contributed by atoms with Gasteiger partial charge in [-0.1, -0.05) is 0 Å². The molecule has 0 bridgehead atoms. The predicted molar refractivity (Wildman–Crippen MR) is 43.1 cm³/mol. The molecule has 0 amide bonds. The number of nitrogens with two attached hydrogens (primary N) is 1. The summed E-state index contributed by atoms with van der Waals surface area (Å²) >= 11 is 0. The van der Waals surface area contributed by atoms with E-state index in [1.807, 2.05) is 0 Å². The predicted octanol–water partition coefficient (Wildman–Crippen LogP) is 0.713. The maximum atomic E-state index is 8.70. The fourth-order valence-electron chi connectivity index (χ4n) is 0.826. The summed E-state index contributed by atoms with van der Waals surface area (Å²) < 4.78 is 4.44. The molecule has 0 unspecified atom stereocenters. The summed E-state index contributed by atoms with van der Waals surface area (Å²) in [6.07, 6.45) is 1.41. The molecular weight excluding hydrogens is 174 g/mol. The summed E-state index contributed by atoms with van der Waals surface area (Å²) in [5.74, 6) is 0.0155. The highest BCUT2D eigenvalue weighted by molar-refractivity contribution is 5.62. The molecule has 4 N–H and O–H groups in total. The zero-order chi connectivity index (χ0) is 9.84. The van der Waals surface area contributed by atoms with Crippen LogP contribution in [0.3, 0.4) is 0 Å². The van der Waals surface area contributed by atoms with E-state index < -0.39 is 0 Å². The van der Waals surface area contributed by atoms with E-state index in [-0.39, 0.29) is 16.7 Å². The number of nitrogen functional groups attached to an aromatic ring is 1. The van der Waals surface area contributed by atoms with Crippen molar-refractivity contribution in [2.24, 2.45) is 0 Å². The van der Waals surface area contributed by atoms with Crippen molar-refractivity contribution in [2.45, 2.75) is 0 Å². The van der Waals surface area contributed by atoms with Crippen LogP contribution in [0.2, 0.25) is 0 Å². The van der Waals surface area contributed by atoms with E-state index in [1.54, 1.807) is 0 Å². The molecule has 0 atom stereocenters. The van der Waals surface area contributed by atoms with Crippen LogP contribution in [0.15, 0.2) is 18.2 Å². The van der Waals surface area contributed by atoms with Gasteiger partial charge in [0.2, 0.25) is 0 Å². The van der Waals surface area contributed by atoms with E-state index in [9.17, 15) is 0 Å². The Morgan fingerprint density at radius 1 is 1.46 bits per heavy atom. The molecule has 0 aromatic heterocycles. The summed E-state index contributed by atoms with van der Waals surface area (Å²) in [7, 11) is 0. The summed E-state index contributed by atoms with van der Waals surface area (Å²) in [5, 5.41) is 25.4. The van der Waals surface area contributed by atoms with Crippen LogP contribution in [0.25, 0.3) is 0 Å². The standard InChI is InChI=1S/C7H7N3O3/c8-4-13-7-2-1-5(9)3-6(7)10(11)12/h1-3,11-12H,9H2. The van der Waals surface area contributed by atoms with Crippen LogP contribution in [0.1, 0.15) is 0 Å². The maximum Gasteiger partial charge on any atom is 0.292 e. The third-order valence-electron chi connectivity index (χ3n) is 1.35. The summed E-state index contributed by atoms with van der Waals surface area (Å²) in [6, 6.07) is 4.08. The van der Waals surface area contributed by atoms with Gasteiger partial charge < -0.3 is 10.5 Å². The zero-order valence-electron chi connectivity index (χ0n) is 6.51. The van der Waals surface area contributed by atoms with Gasteiger partial charge in [-0.15, -0.1) is 10.5 Å². The van der Waals surface area contributed by atoms with E-state index in [0.29, 0.717) is 5.69 Å². The molecular formula is C7H7N3O3. The van der Waals surface area contributed by atoms with Crippen molar-refractivity contribution >= 4 is 11.4 Å². The lowest BCUT2D eigenvalue weighted by Crippen LogP contribution is -2.12. The molecule has 0 fully saturated rings. The highest BCUT2D eigenvalue weighted by Crippen LogP contribution is 2.28. The Morgan fingerprint density at radius 2 is 2.15 bits per heavy atom. The topological polar surface area (TPSA) is 103 Å². The molecule has 6 nitrogen and oxygen atoms in total. The summed E-state index contributed by atoms with van der Waals surface area (Å²) in [5.41, 5.74) is 5.61. The summed E-state index contributed by atoms with van der Waals surface area (Å²) in [6.45, 7) is 0. The number of benzene rings is 1. The largest absolute Gasteiger partial charge is 0.399 e. The van der Waals surface area contributed by atoms with Crippen LogP contribution in [0.5, 0.6) is 5.75 Å².